The van der Waals surface area contributed by atoms with E-state index in [4.69, 9.17) is 5.14 Å². The summed E-state index contributed by atoms with van der Waals surface area (Å²) >= 11 is 0. The number of hydrogen-bond acceptors (Lipinski definition) is 4. The lowest BCUT2D eigenvalue weighted by molar-refractivity contribution is -0.110. The number of nitrogens with two attached hydrogens (primary N) is 1. The van der Waals surface area contributed by atoms with Gasteiger partial charge >= 0.3 is 0 Å². The highest BCUT2D eigenvalue weighted by atomic mass is 32.2. The van der Waals surface area contributed by atoms with E-state index >= 15 is 0 Å². The number of primary sulfonamides is 1. The Morgan fingerprint density at radius 3 is 2.38 bits per heavy atom. The zero-order valence-corrected chi connectivity index (χ0v) is 8.82. The zero-order chi connectivity index (χ0) is 11.9. The molecule has 6 heteroatoms. The molecule has 0 atom stereocenters. The summed E-state index contributed by atoms with van der Waals surface area (Å²) in [6.07, 6.45) is 2.33. The molecule has 2 rings (SSSR count). The van der Waals surface area contributed by atoms with Crippen molar-refractivity contribution in [3.63, 3.8) is 0 Å². The maximum Gasteiger partial charge on any atom is 0.238 e. The standard InChI is InChI=1S/C10H7NO4S/c11-16(14,15)9-3-1-2-7-6(9)4-5-8(12)10(7)13/h1-5H,(H2,11,14,15). The number of Topliss-reactive ketones (excluding diaryl/α,β-unsaturated/α-hetero) is 1. The molecule has 2 N–H and O–H groups in total. The van der Waals surface area contributed by atoms with Crippen molar-refractivity contribution < 1.29 is 18.0 Å². The van der Waals surface area contributed by atoms with Crippen molar-refractivity contribution in [2.45, 2.75) is 4.90 Å². The summed E-state index contributed by atoms with van der Waals surface area (Å²) in [6, 6.07) is 4.07. The Morgan fingerprint density at radius 1 is 1.06 bits per heavy atom. The Kier molecular flexibility index (Phi) is 2.25. The number of ketones is 2. The number of benzene rings is 1. The Hall–Kier alpha value is -1.79. The minimum Gasteiger partial charge on any atom is -0.286 e. The SMILES string of the molecule is NS(=O)(=O)c1cccc2c1C=CC(=O)C2=O. The van der Waals surface area contributed by atoms with Gasteiger partial charge in [-0.05, 0) is 18.2 Å². The fourth-order valence-electron chi connectivity index (χ4n) is 1.53. The molecule has 1 aliphatic rings. The van der Waals surface area contributed by atoms with Crippen molar-refractivity contribution in [1.82, 2.24) is 0 Å². The van der Waals surface area contributed by atoms with Crippen molar-refractivity contribution in [1.29, 1.82) is 0 Å². The molecule has 0 saturated heterocycles. The van der Waals surface area contributed by atoms with Gasteiger partial charge in [-0.15, -0.1) is 0 Å². The van der Waals surface area contributed by atoms with Crippen LogP contribution in [0.5, 0.6) is 0 Å². The van der Waals surface area contributed by atoms with Gasteiger partial charge in [0, 0.05) is 11.1 Å². The summed E-state index contributed by atoms with van der Waals surface area (Å²) in [4.78, 5) is 22.4. The van der Waals surface area contributed by atoms with Gasteiger partial charge in [-0.25, -0.2) is 13.6 Å². The highest BCUT2D eigenvalue weighted by molar-refractivity contribution is 7.89. The normalized spacial score (nSPS) is 15.1. The first-order valence-electron chi connectivity index (χ1n) is 4.34. The van der Waals surface area contributed by atoms with E-state index in [1.807, 2.05) is 0 Å². The molecule has 1 aromatic carbocycles. The van der Waals surface area contributed by atoms with Crippen molar-refractivity contribution >= 4 is 27.7 Å². The third-order valence-corrected chi connectivity index (χ3v) is 3.21. The second kappa shape index (κ2) is 3.36. The van der Waals surface area contributed by atoms with Gasteiger partial charge in [0.05, 0.1) is 4.90 Å². The number of carbonyl (C=O) groups excluding carboxylic acids is 2. The van der Waals surface area contributed by atoms with Crippen molar-refractivity contribution in [2.75, 3.05) is 0 Å². The van der Waals surface area contributed by atoms with E-state index in [1.54, 1.807) is 0 Å². The maximum absolute atomic E-state index is 11.5. The Morgan fingerprint density at radius 2 is 1.75 bits per heavy atom. The number of carbonyl (C=O) groups is 2. The molecule has 0 radical (unpaired) electrons. The molecule has 0 fully saturated rings. The molecule has 0 unspecified atom stereocenters. The van der Waals surface area contributed by atoms with Crippen LogP contribution in [0.1, 0.15) is 15.9 Å². The van der Waals surface area contributed by atoms with Crippen molar-refractivity contribution in [3.8, 4) is 0 Å². The molecule has 82 valence electrons. The lowest BCUT2D eigenvalue weighted by Gasteiger charge is -2.11. The van der Waals surface area contributed by atoms with Crippen LogP contribution in [0.4, 0.5) is 0 Å². The Labute approximate surface area is 91.6 Å². The average Bonchev–Trinajstić information content (AvgIpc) is 2.21. The van der Waals surface area contributed by atoms with Crippen LogP contribution < -0.4 is 5.14 Å². The fourth-order valence-corrected chi connectivity index (χ4v) is 2.28. The van der Waals surface area contributed by atoms with Gasteiger partial charge in [-0.1, -0.05) is 12.1 Å². The lowest BCUT2D eigenvalue weighted by atomic mass is 9.95. The van der Waals surface area contributed by atoms with Crippen LogP contribution in [-0.4, -0.2) is 20.0 Å². The van der Waals surface area contributed by atoms with Gasteiger partial charge in [0.1, 0.15) is 0 Å². The molecule has 1 aromatic rings. The fraction of sp³-hybridized carbons (Fsp3) is 0. The smallest absolute Gasteiger partial charge is 0.238 e. The summed E-state index contributed by atoms with van der Waals surface area (Å²) in [5.41, 5.74) is 0.244. The second-order valence-corrected chi connectivity index (χ2v) is 4.82. The van der Waals surface area contributed by atoms with E-state index in [9.17, 15) is 18.0 Å². The molecule has 0 aromatic heterocycles. The van der Waals surface area contributed by atoms with Crippen molar-refractivity contribution in [2.24, 2.45) is 5.14 Å². The van der Waals surface area contributed by atoms with Crippen LogP contribution in [0.2, 0.25) is 0 Å². The molecule has 5 nitrogen and oxygen atoms in total. The first-order valence-corrected chi connectivity index (χ1v) is 5.88. The van der Waals surface area contributed by atoms with Crippen LogP contribution in [0.3, 0.4) is 0 Å². The number of sulfonamides is 1. The third-order valence-electron chi connectivity index (χ3n) is 2.24. The molecule has 0 amide bonds. The molecular weight excluding hydrogens is 230 g/mol. The molecular formula is C10H7NO4S. The topological polar surface area (TPSA) is 94.3 Å². The van der Waals surface area contributed by atoms with Gasteiger partial charge in [-0.3, -0.25) is 9.59 Å². The molecule has 0 aliphatic heterocycles. The summed E-state index contributed by atoms with van der Waals surface area (Å²) in [7, 11) is -3.90. The predicted octanol–water partition coefficient (Wildman–Crippen LogP) is 0.113. The third kappa shape index (κ3) is 1.58. The Balaban J connectivity index is 2.80. The minimum atomic E-state index is -3.90. The zero-order valence-electron chi connectivity index (χ0n) is 8.01. The number of allylic oxidation sites excluding steroid dienone is 1. The Bertz CT molecular complexity index is 628. The lowest BCUT2D eigenvalue weighted by Crippen LogP contribution is -2.20. The number of fused-ring (bicyclic) bond motifs is 1. The summed E-state index contributed by atoms with van der Waals surface area (Å²) in [5, 5.41) is 5.00. The quantitative estimate of drug-likeness (QED) is 0.701. The number of rotatable bonds is 1. The van der Waals surface area contributed by atoms with Crippen LogP contribution in [0.25, 0.3) is 6.08 Å². The monoisotopic (exact) mass is 237 g/mol. The molecule has 16 heavy (non-hydrogen) atoms. The first kappa shape index (κ1) is 10.7. The van der Waals surface area contributed by atoms with Gasteiger partial charge < -0.3 is 0 Å². The molecule has 0 saturated carbocycles. The van der Waals surface area contributed by atoms with Gasteiger partial charge in [-0.2, -0.15) is 0 Å². The average molecular weight is 237 g/mol. The van der Waals surface area contributed by atoms with Crippen molar-refractivity contribution in [3.05, 3.63) is 35.4 Å². The summed E-state index contributed by atoms with van der Waals surface area (Å²) in [6.45, 7) is 0. The van der Waals surface area contributed by atoms with E-state index in [0.29, 0.717) is 0 Å². The molecule has 0 heterocycles. The van der Waals surface area contributed by atoms with E-state index in [-0.39, 0.29) is 16.0 Å². The maximum atomic E-state index is 11.5. The van der Waals surface area contributed by atoms with Crippen LogP contribution in [0, 0.1) is 0 Å². The summed E-state index contributed by atoms with van der Waals surface area (Å²) < 4.78 is 22.5. The van der Waals surface area contributed by atoms with Gasteiger partial charge in [0.25, 0.3) is 0 Å². The minimum absolute atomic E-state index is 0.0685. The second-order valence-electron chi connectivity index (χ2n) is 3.29. The van der Waals surface area contributed by atoms with Gasteiger partial charge in [0.2, 0.25) is 21.6 Å². The van der Waals surface area contributed by atoms with Crippen LogP contribution in [-0.2, 0) is 14.8 Å². The highest BCUT2D eigenvalue weighted by Gasteiger charge is 2.25. The largest absolute Gasteiger partial charge is 0.286 e. The van der Waals surface area contributed by atoms with Gasteiger partial charge in [0.15, 0.2) is 0 Å². The van der Waals surface area contributed by atoms with E-state index in [2.05, 4.69) is 0 Å². The number of hydrogen-bond donors (Lipinski definition) is 1. The predicted molar refractivity (Wildman–Crippen MR) is 56.2 cm³/mol. The first-order chi connectivity index (χ1) is 7.41. The highest BCUT2D eigenvalue weighted by Crippen LogP contribution is 2.24. The molecule has 0 spiro atoms. The van der Waals surface area contributed by atoms with E-state index in [0.717, 1.165) is 6.08 Å². The molecule has 0 bridgehead atoms. The van der Waals surface area contributed by atoms with Crippen LogP contribution in [0.15, 0.2) is 29.2 Å². The van der Waals surface area contributed by atoms with E-state index < -0.39 is 21.6 Å². The summed E-state index contributed by atoms with van der Waals surface area (Å²) in [5.74, 6) is -1.39. The van der Waals surface area contributed by atoms with E-state index in [1.165, 1.54) is 24.3 Å². The molecule has 1 aliphatic carbocycles. The van der Waals surface area contributed by atoms with Crippen LogP contribution >= 0.6 is 0 Å².